The van der Waals surface area contributed by atoms with E-state index in [1.807, 2.05) is 24.7 Å². The summed E-state index contributed by atoms with van der Waals surface area (Å²) >= 11 is 3.48. The maximum atomic E-state index is 5.34. The molecule has 0 saturated heterocycles. The largest absolute Gasteiger partial charge is 0.496 e. The monoisotopic (exact) mass is 395 g/mol. The second-order valence-corrected chi connectivity index (χ2v) is 5.20. The minimum atomic E-state index is 0. The van der Waals surface area contributed by atoms with Gasteiger partial charge in [-0.3, -0.25) is 0 Å². The zero-order valence-electron chi connectivity index (χ0n) is 11.8. The first-order chi connectivity index (χ1) is 9.29. The summed E-state index contributed by atoms with van der Waals surface area (Å²) in [6.45, 7) is 2.77. The lowest BCUT2D eigenvalue weighted by Crippen LogP contribution is -2.16. The Kier molecular flexibility index (Phi) is 10.5. The number of ether oxygens (including phenoxy) is 1. The molecule has 21 heavy (non-hydrogen) atoms. The number of methoxy groups -OCH3 is 1. The van der Waals surface area contributed by atoms with E-state index in [1.165, 1.54) is 5.56 Å². The van der Waals surface area contributed by atoms with E-state index in [9.17, 15) is 0 Å². The number of rotatable bonds is 7. The number of benzene rings is 1. The van der Waals surface area contributed by atoms with E-state index in [0.717, 1.165) is 36.3 Å². The molecule has 0 unspecified atom stereocenters. The van der Waals surface area contributed by atoms with Crippen molar-refractivity contribution in [3.8, 4) is 5.75 Å². The van der Waals surface area contributed by atoms with E-state index in [0.29, 0.717) is 0 Å². The first kappa shape index (κ1) is 20.2. The predicted octanol–water partition coefficient (Wildman–Crippen LogP) is 3.68. The third-order valence-corrected chi connectivity index (χ3v) is 3.38. The SMILES string of the molecule is COc1ccc(Br)cc1CNCCCn1ccnc1.Cl.Cl. The highest BCUT2D eigenvalue weighted by Crippen LogP contribution is 2.22. The van der Waals surface area contributed by atoms with Crippen molar-refractivity contribution < 1.29 is 4.74 Å². The second kappa shape index (κ2) is 10.9. The average molecular weight is 397 g/mol. The minimum absolute atomic E-state index is 0. The van der Waals surface area contributed by atoms with E-state index in [2.05, 4.69) is 36.9 Å². The smallest absolute Gasteiger partial charge is 0.123 e. The molecule has 2 rings (SSSR count). The zero-order valence-corrected chi connectivity index (χ0v) is 15.0. The Bertz CT molecular complexity index is 509. The molecule has 0 fully saturated rings. The van der Waals surface area contributed by atoms with Crippen molar-refractivity contribution in [3.63, 3.8) is 0 Å². The van der Waals surface area contributed by atoms with E-state index in [-0.39, 0.29) is 24.8 Å². The van der Waals surface area contributed by atoms with Crippen molar-refractivity contribution in [1.29, 1.82) is 0 Å². The first-order valence-corrected chi connectivity index (χ1v) is 7.08. The van der Waals surface area contributed by atoms with Gasteiger partial charge in [-0.15, -0.1) is 24.8 Å². The van der Waals surface area contributed by atoms with Crippen LogP contribution in [0.2, 0.25) is 0 Å². The molecule has 2 aromatic rings. The van der Waals surface area contributed by atoms with Gasteiger partial charge in [0, 0.05) is 35.5 Å². The normalized spacial score (nSPS) is 9.62. The lowest BCUT2D eigenvalue weighted by molar-refractivity contribution is 0.407. The van der Waals surface area contributed by atoms with Gasteiger partial charge in [0.25, 0.3) is 0 Å². The Labute approximate surface area is 146 Å². The van der Waals surface area contributed by atoms with Crippen LogP contribution in [0, 0.1) is 0 Å². The summed E-state index contributed by atoms with van der Waals surface area (Å²) in [6.07, 6.45) is 6.71. The molecule has 118 valence electrons. The van der Waals surface area contributed by atoms with Crippen LogP contribution in [0.25, 0.3) is 0 Å². The Morgan fingerprint density at radius 2 is 2.14 bits per heavy atom. The molecule has 0 aliphatic rings. The lowest BCUT2D eigenvalue weighted by Gasteiger charge is -2.10. The second-order valence-electron chi connectivity index (χ2n) is 4.29. The molecular weight excluding hydrogens is 377 g/mol. The number of nitrogens with zero attached hydrogens (tertiary/aromatic N) is 2. The summed E-state index contributed by atoms with van der Waals surface area (Å²) in [7, 11) is 1.70. The standard InChI is InChI=1S/C14H18BrN3O.2ClH/c1-19-14-4-3-13(15)9-12(14)10-16-5-2-7-18-8-6-17-11-18;;/h3-4,6,8-9,11,16H,2,5,7,10H2,1H3;2*1H. The van der Waals surface area contributed by atoms with E-state index in [1.54, 1.807) is 13.3 Å². The lowest BCUT2D eigenvalue weighted by atomic mass is 10.2. The highest BCUT2D eigenvalue weighted by molar-refractivity contribution is 9.10. The number of aryl methyl sites for hydroxylation is 1. The number of nitrogens with one attached hydrogen (secondary N) is 1. The molecule has 0 saturated carbocycles. The van der Waals surface area contributed by atoms with Crippen molar-refractivity contribution in [3.05, 3.63) is 47.0 Å². The fraction of sp³-hybridized carbons (Fsp3) is 0.357. The highest BCUT2D eigenvalue weighted by Gasteiger charge is 2.02. The molecule has 0 aliphatic carbocycles. The summed E-state index contributed by atoms with van der Waals surface area (Å²) in [5, 5.41) is 3.43. The van der Waals surface area contributed by atoms with Crippen molar-refractivity contribution in [2.75, 3.05) is 13.7 Å². The number of hydrogen-bond donors (Lipinski definition) is 1. The molecule has 0 amide bonds. The van der Waals surface area contributed by atoms with Crippen LogP contribution in [0.1, 0.15) is 12.0 Å². The molecule has 1 N–H and O–H groups in total. The molecule has 0 bridgehead atoms. The number of imidazole rings is 1. The number of halogens is 3. The molecule has 0 radical (unpaired) electrons. The topological polar surface area (TPSA) is 39.1 Å². The maximum Gasteiger partial charge on any atom is 0.123 e. The van der Waals surface area contributed by atoms with Crippen LogP contribution in [0.15, 0.2) is 41.4 Å². The van der Waals surface area contributed by atoms with Gasteiger partial charge in [0.1, 0.15) is 5.75 Å². The number of hydrogen-bond acceptors (Lipinski definition) is 3. The van der Waals surface area contributed by atoms with Gasteiger partial charge in [0.2, 0.25) is 0 Å². The van der Waals surface area contributed by atoms with Crippen LogP contribution >= 0.6 is 40.7 Å². The fourth-order valence-electron chi connectivity index (χ4n) is 1.91. The summed E-state index contributed by atoms with van der Waals surface area (Å²) in [5.74, 6) is 0.922. The van der Waals surface area contributed by atoms with Gasteiger partial charge in [0.05, 0.1) is 13.4 Å². The Balaban J connectivity index is 0.00000200. The van der Waals surface area contributed by atoms with E-state index >= 15 is 0 Å². The Morgan fingerprint density at radius 1 is 1.33 bits per heavy atom. The van der Waals surface area contributed by atoms with Gasteiger partial charge in [-0.25, -0.2) is 4.98 Å². The Morgan fingerprint density at radius 3 is 2.81 bits per heavy atom. The van der Waals surface area contributed by atoms with Gasteiger partial charge in [-0.2, -0.15) is 0 Å². The molecule has 1 heterocycles. The highest BCUT2D eigenvalue weighted by atomic mass is 79.9. The summed E-state index contributed by atoms with van der Waals surface area (Å²) in [6, 6.07) is 6.05. The maximum absolute atomic E-state index is 5.34. The average Bonchev–Trinajstić information content (AvgIpc) is 2.92. The van der Waals surface area contributed by atoms with Crippen molar-refractivity contribution in [2.45, 2.75) is 19.5 Å². The third kappa shape index (κ3) is 6.70. The van der Waals surface area contributed by atoms with Crippen molar-refractivity contribution in [1.82, 2.24) is 14.9 Å². The molecule has 0 aliphatic heterocycles. The van der Waals surface area contributed by atoms with Crippen LogP contribution < -0.4 is 10.1 Å². The van der Waals surface area contributed by atoms with Gasteiger partial charge in [-0.1, -0.05) is 15.9 Å². The first-order valence-electron chi connectivity index (χ1n) is 6.28. The number of aromatic nitrogens is 2. The van der Waals surface area contributed by atoms with Crippen LogP contribution in [0.5, 0.6) is 5.75 Å². The minimum Gasteiger partial charge on any atom is -0.496 e. The molecule has 1 aromatic heterocycles. The predicted molar refractivity (Wildman–Crippen MR) is 93.7 cm³/mol. The van der Waals surface area contributed by atoms with E-state index < -0.39 is 0 Å². The zero-order chi connectivity index (χ0) is 13.5. The van der Waals surface area contributed by atoms with Gasteiger partial charge < -0.3 is 14.6 Å². The molecule has 4 nitrogen and oxygen atoms in total. The quantitative estimate of drug-likeness (QED) is 0.725. The van der Waals surface area contributed by atoms with Crippen molar-refractivity contribution in [2.24, 2.45) is 0 Å². The van der Waals surface area contributed by atoms with Gasteiger partial charge in [-0.05, 0) is 31.2 Å². The van der Waals surface area contributed by atoms with Crippen LogP contribution in [0.4, 0.5) is 0 Å². The molecule has 1 aromatic carbocycles. The summed E-state index contributed by atoms with van der Waals surface area (Å²) in [4.78, 5) is 4.02. The Hall–Kier alpha value is -0.750. The molecule has 7 heteroatoms. The van der Waals surface area contributed by atoms with E-state index in [4.69, 9.17) is 4.74 Å². The molecule has 0 spiro atoms. The van der Waals surface area contributed by atoms with Crippen LogP contribution in [-0.2, 0) is 13.1 Å². The molecule has 0 atom stereocenters. The van der Waals surface area contributed by atoms with Crippen molar-refractivity contribution >= 4 is 40.7 Å². The third-order valence-electron chi connectivity index (χ3n) is 2.89. The summed E-state index contributed by atoms with van der Waals surface area (Å²) in [5.41, 5.74) is 1.17. The fourth-order valence-corrected chi connectivity index (χ4v) is 2.32. The van der Waals surface area contributed by atoms with Gasteiger partial charge in [0.15, 0.2) is 0 Å². The molecular formula is C14H20BrCl2N3O. The van der Waals surface area contributed by atoms with Crippen LogP contribution in [0.3, 0.4) is 0 Å². The van der Waals surface area contributed by atoms with Crippen LogP contribution in [-0.4, -0.2) is 23.2 Å². The van der Waals surface area contributed by atoms with Gasteiger partial charge >= 0.3 is 0 Å². The summed E-state index contributed by atoms with van der Waals surface area (Å²) < 4.78 is 8.50.